The Bertz CT molecular complexity index is 803. The highest BCUT2D eigenvalue weighted by atomic mass is 16.6. The standard InChI is InChI=1S/C21H32O16/c22-10-1-8(4-35-15(27)2-13(23)24)9(17(29)18(10)30)5-34-6-11-19(31)21(33)20(32)12(37-11)7-36-16(28)3-14(25)26/h8-12,17-22,29-33H,1-7H2,(H,23,24)(H,25,26). The van der Waals surface area contributed by atoms with Crippen LogP contribution in [0, 0.1) is 11.8 Å². The van der Waals surface area contributed by atoms with Crippen LogP contribution in [-0.4, -0.2) is 140 Å². The Balaban J connectivity index is 1.96. The number of hydrogen-bond acceptors (Lipinski definition) is 14. The molecular weight excluding hydrogens is 508 g/mol. The number of carbonyl (C=O) groups excluding carboxylic acids is 2. The molecule has 1 saturated heterocycles. The Hall–Kier alpha value is -2.44. The van der Waals surface area contributed by atoms with Gasteiger partial charge in [-0.3, -0.25) is 19.2 Å². The van der Waals surface area contributed by atoms with Crippen LogP contribution in [0.3, 0.4) is 0 Å². The van der Waals surface area contributed by atoms with Crippen molar-refractivity contribution in [3.63, 3.8) is 0 Å². The van der Waals surface area contributed by atoms with Gasteiger partial charge in [-0.2, -0.15) is 0 Å². The monoisotopic (exact) mass is 540 g/mol. The number of ether oxygens (including phenoxy) is 4. The second-order valence-corrected chi connectivity index (χ2v) is 8.94. The van der Waals surface area contributed by atoms with Crippen LogP contribution in [0.1, 0.15) is 19.3 Å². The molecule has 212 valence electrons. The average Bonchev–Trinajstić information content (AvgIpc) is 2.81. The van der Waals surface area contributed by atoms with Gasteiger partial charge in [-0.1, -0.05) is 0 Å². The number of rotatable bonds is 12. The highest BCUT2D eigenvalue weighted by Gasteiger charge is 2.46. The Kier molecular flexibility index (Phi) is 11.6. The molecule has 0 radical (unpaired) electrons. The van der Waals surface area contributed by atoms with Gasteiger partial charge in [0.1, 0.15) is 56.1 Å². The summed E-state index contributed by atoms with van der Waals surface area (Å²) in [4.78, 5) is 44.2. The fourth-order valence-electron chi connectivity index (χ4n) is 4.16. The van der Waals surface area contributed by atoms with Gasteiger partial charge in [0.25, 0.3) is 0 Å². The van der Waals surface area contributed by atoms with Gasteiger partial charge in [-0.05, 0) is 6.42 Å². The van der Waals surface area contributed by atoms with E-state index in [2.05, 4.69) is 0 Å². The van der Waals surface area contributed by atoms with Crippen molar-refractivity contribution >= 4 is 23.9 Å². The number of carbonyl (C=O) groups is 4. The molecule has 0 spiro atoms. The van der Waals surface area contributed by atoms with E-state index in [0.29, 0.717) is 0 Å². The number of hydrogen-bond donors (Lipinski definition) is 8. The molecule has 2 aliphatic rings. The van der Waals surface area contributed by atoms with E-state index in [4.69, 9.17) is 29.2 Å². The SMILES string of the molecule is O=C(O)CC(=O)OCC1CC(O)C(O)C(O)C1COCC1OC(COC(=O)CC(=O)O)C(O)C(O)C1O. The third-order valence-electron chi connectivity index (χ3n) is 6.19. The molecule has 0 bridgehead atoms. The lowest BCUT2D eigenvalue weighted by atomic mass is 9.75. The molecule has 37 heavy (non-hydrogen) atoms. The summed E-state index contributed by atoms with van der Waals surface area (Å²) in [5.41, 5.74) is 0. The summed E-state index contributed by atoms with van der Waals surface area (Å²) < 4.78 is 20.6. The fraction of sp³-hybridized carbons (Fsp3) is 0.810. The maximum atomic E-state index is 11.6. The normalized spacial score (nSPS) is 35.9. The summed E-state index contributed by atoms with van der Waals surface area (Å²) in [6, 6.07) is 0. The van der Waals surface area contributed by atoms with E-state index in [1.54, 1.807) is 0 Å². The molecule has 0 aromatic heterocycles. The van der Waals surface area contributed by atoms with Crippen molar-refractivity contribution in [2.24, 2.45) is 11.8 Å². The lowest BCUT2D eigenvalue weighted by Gasteiger charge is -2.42. The second-order valence-electron chi connectivity index (χ2n) is 8.94. The predicted octanol–water partition coefficient (Wildman–Crippen LogP) is -4.39. The molecule has 10 atom stereocenters. The van der Waals surface area contributed by atoms with Crippen LogP contribution in [-0.2, 0) is 38.1 Å². The first-order valence-electron chi connectivity index (χ1n) is 11.4. The summed E-state index contributed by atoms with van der Waals surface area (Å²) >= 11 is 0. The highest BCUT2D eigenvalue weighted by Crippen LogP contribution is 2.32. The smallest absolute Gasteiger partial charge is 0.317 e. The number of carboxylic acid groups (broad SMARTS) is 2. The number of aliphatic hydroxyl groups is 6. The average molecular weight is 540 g/mol. The number of carboxylic acids is 2. The second kappa shape index (κ2) is 13.9. The van der Waals surface area contributed by atoms with Crippen LogP contribution in [0.25, 0.3) is 0 Å². The van der Waals surface area contributed by atoms with Crippen molar-refractivity contribution < 1.29 is 79.0 Å². The Morgan fingerprint density at radius 2 is 1.16 bits per heavy atom. The van der Waals surface area contributed by atoms with Gasteiger partial charge < -0.3 is 59.8 Å². The van der Waals surface area contributed by atoms with E-state index < -0.39 is 111 Å². The zero-order valence-corrected chi connectivity index (χ0v) is 19.6. The van der Waals surface area contributed by atoms with Crippen molar-refractivity contribution in [1.82, 2.24) is 0 Å². The first-order chi connectivity index (χ1) is 17.3. The van der Waals surface area contributed by atoms with Gasteiger partial charge in [-0.15, -0.1) is 0 Å². The van der Waals surface area contributed by atoms with Crippen LogP contribution in [0.2, 0.25) is 0 Å². The van der Waals surface area contributed by atoms with Gasteiger partial charge in [0.15, 0.2) is 0 Å². The molecule has 8 N–H and O–H groups in total. The van der Waals surface area contributed by atoms with Crippen LogP contribution in [0.4, 0.5) is 0 Å². The zero-order chi connectivity index (χ0) is 27.9. The lowest BCUT2D eigenvalue weighted by Crippen LogP contribution is -2.60. The number of aliphatic hydroxyl groups excluding tert-OH is 6. The lowest BCUT2D eigenvalue weighted by molar-refractivity contribution is -0.243. The third kappa shape index (κ3) is 8.82. The van der Waals surface area contributed by atoms with Crippen LogP contribution in [0.5, 0.6) is 0 Å². The van der Waals surface area contributed by atoms with Crippen molar-refractivity contribution in [3.05, 3.63) is 0 Å². The van der Waals surface area contributed by atoms with E-state index >= 15 is 0 Å². The maximum absolute atomic E-state index is 11.6. The molecule has 1 heterocycles. The van der Waals surface area contributed by atoms with Crippen LogP contribution < -0.4 is 0 Å². The first kappa shape index (κ1) is 30.8. The van der Waals surface area contributed by atoms with Crippen molar-refractivity contribution in [3.8, 4) is 0 Å². The molecule has 16 heteroatoms. The molecule has 0 aromatic carbocycles. The molecule has 16 nitrogen and oxygen atoms in total. The van der Waals surface area contributed by atoms with Gasteiger partial charge in [0.05, 0.1) is 32.0 Å². The van der Waals surface area contributed by atoms with E-state index in [0.717, 1.165) is 0 Å². The van der Waals surface area contributed by atoms with Gasteiger partial charge >= 0.3 is 23.9 Å². The van der Waals surface area contributed by atoms with Gasteiger partial charge in [0, 0.05) is 11.8 Å². The Morgan fingerprint density at radius 3 is 1.70 bits per heavy atom. The Labute approximate surface area is 209 Å². The summed E-state index contributed by atoms with van der Waals surface area (Å²) in [5, 5.41) is 78.1. The molecule has 1 saturated carbocycles. The quantitative estimate of drug-likeness (QED) is 0.0857. The van der Waals surface area contributed by atoms with E-state index in [1.807, 2.05) is 0 Å². The molecule has 1 aliphatic heterocycles. The van der Waals surface area contributed by atoms with E-state index in [-0.39, 0.29) is 19.6 Å². The van der Waals surface area contributed by atoms with Gasteiger partial charge in [-0.25, -0.2) is 0 Å². The molecule has 2 rings (SSSR count). The zero-order valence-electron chi connectivity index (χ0n) is 19.6. The summed E-state index contributed by atoms with van der Waals surface area (Å²) in [6.45, 7) is -1.73. The molecule has 0 amide bonds. The largest absolute Gasteiger partial charge is 0.481 e. The minimum Gasteiger partial charge on any atom is -0.481 e. The van der Waals surface area contributed by atoms with E-state index in [1.165, 1.54) is 0 Å². The summed E-state index contributed by atoms with van der Waals surface area (Å²) in [5.74, 6) is -6.63. The first-order valence-corrected chi connectivity index (χ1v) is 11.4. The van der Waals surface area contributed by atoms with E-state index in [9.17, 15) is 49.8 Å². The molecular formula is C21H32O16. The number of aliphatic carboxylic acids is 2. The fourth-order valence-corrected chi connectivity index (χ4v) is 4.16. The molecule has 1 aliphatic carbocycles. The van der Waals surface area contributed by atoms with Crippen molar-refractivity contribution in [2.75, 3.05) is 26.4 Å². The highest BCUT2D eigenvalue weighted by molar-refractivity contribution is 5.90. The molecule has 10 unspecified atom stereocenters. The molecule has 0 aromatic rings. The van der Waals surface area contributed by atoms with Crippen molar-refractivity contribution in [2.45, 2.75) is 68.1 Å². The third-order valence-corrected chi connectivity index (χ3v) is 6.19. The number of esters is 2. The summed E-state index contributed by atoms with van der Waals surface area (Å²) in [6.07, 6.45) is -14.0. The molecule has 2 fully saturated rings. The van der Waals surface area contributed by atoms with Gasteiger partial charge in [0.2, 0.25) is 0 Å². The van der Waals surface area contributed by atoms with Crippen LogP contribution in [0.15, 0.2) is 0 Å². The summed E-state index contributed by atoms with van der Waals surface area (Å²) in [7, 11) is 0. The predicted molar refractivity (Wildman–Crippen MR) is 114 cm³/mol. The minimum atomic E-state index is -1.73. The minimum absolute atomic E-state index is 0.107. The Morgan fingerprint density at radius 1 is 0.649 bits per heavy atom. The van der Waals surface area contributed by atoms with Crippen molar-refractivity contribution in [1.29, 1.82) is 0 Å². The maximum Gasteiger partial charge on any atom is 0.317 e. The topological polar surface area (TPSA) is 267 Å². The van der Waals surface area contributed by atoms with Crippen LogP contribution >= 0.6 is 0 Å².